The number of fused-ring (bicyclic) bond motifs is 9. The molecule has 55 heavy (non-hydrogen) atoms. The first-order valence-corrected chi connectivity index (χ1v) is 18.3. The van der Waals surface area contributed by atoms with E-state index in [1.54, 1.807) is 0 Å². The number of hydrogen-bond donors (Lipinski definition) is 0. The predicted molar refractivity (Wildman–Crippen MR) is 226 cm³/mol. The summed E-state index contributed by atoms with van der Waals surface area (Å²) in [6.07, 6.45) is 0. The van der Waals surface area contributed by atoms with Gasteiger partial charge in [0.15, 0.2) is 5.69 Å². The molecule has 0 aliphatic rings. The maximum atomic E-state index is 10.8. The first-order chi connectivity index (χ1) is 27.2. The van der Waals surface area contributed by atoms with Crippen LogP contribution in [0.2, 0.25) is 0 Å². The smallest absolute Gasteiger partial charge is 0.188 e. The van der Waals surface area contributed by atoms with Gasteiger partial charge in [0.25, 0.3) is 0 Å². The van der Waals surface area contributed by atoms with E-state index in [4.69, 9.17) is 6.57 Å². The summed E-state index contributed by atoms with van der Waals surface area (Å²) in [5.41, 5.74) is 12.5. The summed E-state index contributed by atoms with van der Waals surface area (Å²) < 4.78 is 6.94. The van der Waals surface area contributed by atoms with Gasteiger partial charge in [0, 0.05) is 38.2 Å². The summed E-state index contributed by atoms with van der Waals surface area (Å²) in [5.74, 6) is 0. The second-order valence-electron chi connectivity index (χ2n) is 13.9. The zero-order chi connectivity index (χ0) is 36.6. The van der Waals surface area contributed by atoms with Crippen molar-refractivity contribution in [1.82, 2.24) is 13.7 Å². The second kappa shape index (κ2) is 11.8. The number of nitriles is 1. The summed E-state index contributed by atoms with van der Waals surface area (Å²) in [6.45, 7) is 7.60. The molecule has 0 spiro atoms. The molecule has 0 unspecified atom stereocenters. The van der Waals surface area contributed by atoms with Gasteiger partial charge in [-0.15, -0.1) is 0 Å². The van der Waals surface area contributed by atoms with Crippen molar-refractivity contribution in [3.63, 3.8) is 0 Å². The molecule has 0 saturated carbocycles. The van der Waals surface area contributed by atoms with Crippen molar-refractivity contribution in [3.8, 4) is 34.3 Å². The molecule has 0 N–H and O–H groups in total. The third-order valence-corrected chi connectivity index (χ3v) is 11.1. The van der Waals surface area contributed by atoms with Gasteiger partial charge in [0.1, 0.15) is 6.07 Å². The third-order valence-electron chi connectivity index (χ3n) is 11.1. The molecule has 0 fully saturated rings. The molecule has 0 radical (unpaired) electrons. The molecule has 5 nitrogen and oxygen atoms in total. The van der Waals surface area contributed by atoms with E-state index in [0.717, 1.165) is 61.0 Å². The SMILES string of the molecule is [C-]#[N+]c1ccc2c(c1)c1ccccc1n2-c1cccc(-c2ccc(-n3c4ccccc4c4cccc(-n5c6ccccc6c6ccccc65)c43)cc2)c1C#N. The minimum absolute atomic E-state index is 0.593. The first kappa shape index (κ1) is 30.7. The Morgan fingerprint density at radius 2 is 0.927 bits per heavy atom. The highest BCUT2D eigenvalue weighted by Crippen LogP contribution is 2.41. The fourth-order valence-electron chi connectivity index (χ4n) is 8.80. The second-order valence-corrected chi connectivity index (χ2v) is 13.9. The Morgan fingerprint density at radius 1 is 0.436 bits per heavy atom. The maximum Gasteiger partial charge on any atom is 0.188 e. The van der Waals surface area contributed by atoms with Crippen molar-refractivity contribution in [2.45, 2.75) is 0 Å². The van der Waals surface area contributed by atoms with Gasteiger partial charge in [-0.1, -0.05) is 115 Å². The lowest BCUT2D eigenvalue weighted by Crippen LogP contribution is -2.01. The third kappa shape index (κ3) is 4.39. The van der Waals surface area contributed by atoms with Gasteiger partial charge in [-0.2, -0.15) is 5.26 Å². The van der Waals surface area contributed by atoms with Crippen LogP contribution in [0.25, 0.3) is 98.5 Å². The molecule has 0 bridgehead atoms. The quantitative estimate of drug-likeness (QED) is 0.169. The molecule has 0 saturated heterocycles. The molecule has 5 heteroatoms. The molecule has 3 aromatic heterocycles. The van der Waals surface area contributed by atoms with Crippen LogP contribution in [0.3, 0.4) is 0 Å². The molecule has 0 amide bonds. The molecular weight excluding hydrogens is 671 g/mol. The summed E-state index contributed by atoms with van der Waals surface area (Å²) in [5, 5.41) is 17.7. The van der Waals surface area contributed by atoms with Crippen molar-refractivity contribution in [1.29, 1.82) is 5.26 Å². The van der Waals surface area contributed by atoms with Crippen LogP contribution in [0.5, 0.6) is 0 Å². The van der Waals surface area contributed by atoms with E-state index < -0.39 is 0 Å². The van der Waals surface area contributed by atoms with Crippen LogP contribution in [-0.2, 0) is 0 Å². The zero-order valence-electron chi connectivity index (χ0n) is 29.5. The van der Waals surface area contributed by atoms with Crippen LogP contribution >= 0.6 is 0 Å². The van der Waals surface area contributed by atoms with Gasteiger partial charge >= 0.3 is 0 Å². The van der Waals surface area contributed by atoms with E-state index in [9.17, 15) is 5.26 Å². The monoisotopic (exact) mass is 699 g/mol. The van der Waals surface area contributed by atoms with Crippen LogP contribution < -0.4 is 0 Å². The Balaban J connectivity index is 1.11. The summed E-state index contributed by atoms with van der Waals surface area (Å²) >= 11 is 0. The molecule has 0 atom stereocenters. The summed E-state index contributed by atoms with van der Waals surface area (Å²) in [4.78, 5) is 3.68. The van der Waals surface area contributed by atoms with Gasteiger partial charge in [0.05, 0.1) is 56.6 Å². The van der Waals surface area contributed by atoms with Crippen LogP contribution in [0.15, 0.2) is 176 Å². The fraction of sp³-hybridized carbons (Fsp3) is 0. The van der Waals surface area contributed by atoms with Crippen LogP contribution in [-0.4, -0.2) is 13.7 Å². The number of nitrogens with zero attached hydrogens (tertiary/aromatic N) is 5. The Bertz CT molecular complexity index is 3400. The lowest BCUT2D eigenvalue weighted by molar-refractivity contribution is 1.13. The van der Waals surface area contributed by atoms with Crippen molar-refractivity contribution in [3.05, 3.63) is 193 Å². The molecule has 8 aromatic carbocycles. The van der Waals surface area contributed by atoms with Crippen LogP contribution in [0.4, 0.5) is 5.69 Å². The number of aromatic nitrogens is 3. The zero-order valence-corrected chi connectivity index (χ0v) is 29.5. The first-order valence-electron chi connectivity index (χ1n) is 18.3. The number of para-hydroxylation sites is 5. The standard InChI is InChI=1S/C50H29N5/c1-52-33-26-29-48-41(30-33)39-15-5-9-21-46(39)54(48)47-22-10-16-35(42(47)31-51)32-24-27-34(28-25-32)53-43-18-6-4-14-38(43)40-17-11-23-49(50(40)53)55-44-19-7-2-12-36(44)37-13-3-8-20-45(37)55/h2-30H. The number of rotatable bonds is 4. The molecule has 254 valence electrons. The molecule has 3 heterocycles. The van der Waals surface area contributed by atoms with Gasteiger partial charge in [-0.05, 0) is 71.6 Å². The van der Waals surface area contributed by atoms with E-state index in [-0.39, 0.29) is 0 Å². The average Bonchev–Trinajstić information content (AvgIpc) is 3.89. The molecule has 11 rings (SSSR count). The molecule has 0 aliphatic carbocycles. The summed E-state index contributed by atoms with van der Waals surface area (Å²) in [7, 11) is 0. The van der Waals surface area contributed by atoms with Crippen molar-refractivity contribution in [2.75, 3.05) is 0 Å². The van der Waals surface area contributed by atoms with Crippen LogP contribution in [0.1, 0.15) is 5.56 Å². The minimum atomic E-state index is 0.593. The Kier molecular flexibility index (Phi) is 6.61. The van der Waals surface area contributed by atoms with Crippen molar-refractivity contribution < 1.29 is 0 Å². The maximum absolute atomic E-state index is 10.8. The summed E-state index contributed by atoms with van der Waals surface area (Å²) in [6, 6.07) is 63.7. The Morgan fingerprint density at radius 3 is 1.55 bits per heavy atom. The molecule has 0 aliphatic heterocycles. The van der Waals surface area contributed by atoms with Gasteiger partial charge in [-0.25, -0.2) is 4.85 Å². The normalized spacial score (nSPS) is 11.6. The number of hydrogen-bond acceptors (Lipinski definition) is 1. The van der Waals surface area contributed by atoms with Crippen molar-refractivity contribution >= 4 is 71.1 Å². The predicted octanol–water partition coefficient (Wildman–Crippen LogP) is 13.1. The topological polar surface area (TPSA) is 42.9 Å². The lowest BCUT2D eigenvalue weighted by atomic mass is 9.98. The highest BCUT2D eigenvalue weighted by molar-refractivity contribution is 6.15. The van der Waals surface area contributed by atoms with E-state index in [0.29, 0.717) is 11.3 Å². The van der Waals surface area contributed by atoms with Gasteiger partial charge in [-0.3, -0.25) is 0 Å². The minimum Gasteiger partial charge on any atom is -0.308 e. The van der Waals surface area contributed by atoms with E-state index in [1.165, 1.54) is 32.6 Å². The van der Waals surface area contributed by atoms with Gasteiger partial charge in [0.2, 0.25) is 0 Å². The fourth-order valence-corrected chi connectivity index (χ4v) is 8.80. The van der Waals surface area contributed by atoms with E-state index >= 15 is 0 Å². The average molecular weight is 700 g/mol. The Labute approximate surface area is 316 Å². The largest absolute Gasteiger partial charge is 0.308 e. The van der Waals surface area contributed by atoms with Crippen LogP contribution in [0, 0.1) is 17.9 Å². The highest BCUT2D eigenvalue weighted by Gasteiger charge is 2.21. The number of benzene rings is 8. The van der Waals surface area contributed by atoms with E-state index in [1.807, 2.05) is 48.5 Å². The molecule has 11 aromatic rings. The highest BCUT2D eigenvalue weighted by atomic mass is 15.1. The van der Waals surface area contributed by atoms with E-state index in [2.05, 4.69) is 152 Å². The van der Waals surface area contributed by atoms with Gasteiger partial charge < -0.3 is 13.7 Å². The Hall–Kier alpha value is -7.86. The molecular formula is C50H29N5. The van der Waals surface area contributed by atoms with Crippen molar-refractivity contribution in [2.24, 2.45) is 0 Å². The lowest BCUT2D eigenvalue weighted by Gasteiger charge is -2.16.